The number of carbonyl (C=O) groups excluding carboxylic acids is 3. The Balaban J connectivity index is 1.58. The van der Waals surface area contributed by atoms with E-state index >= 15 is 0 Å². The highest BCUT2D eigenvalue weighted by Gasteiger charge is 2.35. The standard InChI is InChI=1S/C25H17BrClNO5S/c1-32-19-9-6-15(7-10-19)24(30)33-21-11-8-18(26)12-17(21)13-22-23(29)28(25(31)34-22)14-16-4-2-3-5-20(16)27/h2-13H,14H2,1H3/b22-13-. The Morgan fingerprint density at radius 1 is 1.09 bits per heavy atom. The summed E-state index contributed by atoms with van der Waals surface area (Å²) in [5, 5.41) is 0.0770. The molecular formula is C25H17BrClNO5S. The Hall–Kier alpha value is -3.07. The van der Waals surface area contributed by atoms with Crippen LogP contribution in [0.1, 0.15) is 21.5 Å². The molecule has 0 spiro atoms. The Morgan fingerprint density at radius 2 is 1.82 bits per heavy atom. The van der Waals surface area contributed by atoms with E-state index in [4.69, 9.17) is 21.1 Å². The van der Waals surface area contributed by atoms with Crippen LogP contribution in [0.15, 0.2) is 76.1 Å². The van der Waals surface area contributed by atoms with Gasteiger partial charge in [0.1, 0.15) is 11.5 Å². The van der Waals surface area contributed by atoms with Crippen molar-refractivity contribution in [2.75, 3.05) is 7.11 Å². The number of benzene rings is 3. The predicted octanol–water partition coefficient (Wildman–Crippen LogP) is 6.57. The number of ether oxygens (including phenoxy) is 2. The summed E-state index contributed by atoms with van der Waals surface area (Å²) < 4.78 is 11.4. The number of carbonyl (C=O) groups is 3. The van der Waals surface area contributed by atoms with Gasteiger partial charge in [-0.15, -0.1) is 0 Å². The number of esters is 1. The van der Waals surface area contributed by atoms with Gasteiger partial charge in [0, 0.05) is 15.1 Å². The number of hydrogen-bond acceptors (Lipinski definition) is 6. The van der Waals surface area contributed by atoms with Gasteiger partial charge >= 0.3 is 5.97 Å². The van der Waals surface area contributed by atoms with Crippen LogP contribution >= 0.6 is 39.3 Å². The minimum atomic E-state index is -0.563. The second-order valence-electron chi connectivity index (χ2n) is 7.16. The van der Waals surface area contributed by atoms with Crippen LogP contribution in [0.2, 0.25) is 5.02 Å². The highest BCUT2D eigenvalue weighted by molar-refractivity contribution is 9.10. The Bertz CT molecular complexity index is 1310. The molecule has 0 bridgehead atoms. The van der Waals surface area contributed by atoms with Gasteiger partial charge in [0.25, 0.3) is 11.1 Å². The second kappa shape index (κ2) is 10.5. The average Bonchev–Trinajstić information content (AvgIpc) is 3.09. The lowest BCUT2D eigenvalue weighted by Gasteiger charge is -2.13. The quantitative estimate of drug-likeness (QED) is 0.194. The molecule has 1 heterocycles. The van der Waals surface area contributed by atoms with Crippen LogP contribution in [0.3, 0.4) is 0 Å². The van der Waals surface area contributed by atoms with Crippen LogP contribution in [0.5, 0.6) is 11.5 Å². The summed E-state index contributed by atoms with van der Waals surface area (Å²) in [5.41, 5.74) is 1.48. The van der Waals surface area contributed by atoms with Gasteiger partial charge in [0.05, 0.1) is 24.1 Å². The van der Waals surface area contributed by atoms with Gasteiger partial charge in [-0.3, -0.25) is 14.5 Å². The van der Waals surface area contributed by atoms with Crippen LogP contribution in [0.25, 0.3) is 6.08 Å². The van der Waals surface area contributed by atoms with E-state index in [1.165, 1.54) is 7.11 Å². The molecule has 9 heteroatoms. The Kier molecular flexibility index (Phi) is 7.41. The summed E-state index contributed by atoms with van der Waals surface area (Å²) in [4.78, 5) is 39.5. The molecule has 1 aliphatic rings. The largest absolute Gasteiger partial charge is 0.497 e. The van der Waals surface area contributed by atoms with Crippen LogP contribution < -0.4 is 9.47 Å². The van der Waals surface area contributed by atoms with Crippen molar-refractivity contribution in [1.29, 1.82) is 0 Å². The lowest BCUT2D eigenvalue weighted by Crippen LogP contribution is -2.27. The molecule has 3 aromatic rings. The Morgan fingerprint density at radius 3 is 2.53 bits per heavy atom. The zero-order chi connectivity index (χ0) is 24.2. The van der Waals surface area contributed by atoms with Crippen LogP contribution in [0.4, 0.5) is 4.79 Å². The van der Waals surface area contributed by atoms with Crippen molar-refractivity contribution in [3.8, 4) is 11.5 Å². The smallest absolute Gasteiger partial charge is 0.343 e. The normalized spacial score (nSPS) is 14.6. The van der Waals surface area contributed by atoms with Gasteiger partial charge in [0.2, 0.25) is 0 Å². The molecule has 1 saturated heterocycles. The van der Waals surface area contributed by atoms with Gasteiger partial charge in [-0.1, -0.05) is 45.7 Å². The number of halogens is 2. The molecule has 4 rings (SSSR count). The summed E-state index contributed by atoms with van der Waals surface area (Å²) in [7, 11) is 1.54. The number of hydrogen-bond donors (Lipinski definition) is 0. The lowest BCUT2D eigenvalue weighted by molar-refractivity contribution is -0.123. The van der Waals surface area contributed by atoms with Crippen molar-refractivity contribution in [3.05, 3.63) is 97.8 Å². The zero-order valence-electron chi connectivity index (χ0n) is 17.8. The molecule has 6 nitrogen and oxygen atoms in total. The zero-order valence-corrected chi connectivity index (χ0v) is 20.9. The van der Waals surface area contributed by atoms with E-state index in [2.05, 4.69) is 15.9 Å². The SMILES string of the molecule is COc1ccc(C(=O)Oc2ccc(Br)cc2/C=C2\SC(=O)N(Cc3ccccc3Cl)C2=O)cc1. The molecule has 1 fully saturated rings. The first-order chi connectivity index (χ1) is 16.4. The molecule has 0 atom stereocenters. The molecule has 34 heavy (non-hydrogen) atoms. The van der Waals surface area contributed by atoms with Gasteiger partial charge in [-0.05, 0) is 71.9 Å². The maximum absolute atomic E-state index is 13.0. The van der Waals surface area contributed by atoms with Crippen molar-refractivity contribution >= 4 is 62.5 Å². The van der Waals surface area contributed by atoms with Crippen molar-refractivity contribution in [3.63, 3.8) is 0 Å². The highest BCUT2D eigenvalue weighted by Crippen LogP contribution is 2.36. The summed E-state index contributed by atoms with van der Waals surface area (Å²) in [6.45, 7) is 0.0689. The number of imide groups is 1. The Labute approximate surface area is 213 Å². The van der Waals surface area contributed by atoms with Gasteiger partial charge in [-0.25, -0.2) is 4.79 Å². The molecule has 0 unspecified atom stereocenters. The van der Waals surface area contributed by atoms with Crippen molar-refractivity contribution in [2.45, 2.75) is 6.54 Å². The molecule has 2 amide bonds. The second-order valence-corrected chi connectivity index (χ2v) is 9.48. The third-order valence-corrected chi connectivity index (χ3v) is 6.72. The minimum Gasteiger partial charge on any atom is -0.497 e. The number of nitrogens with zero attached hydrogens (tertiary/aromatic N) is 1. The first-order valence-corrected chi connectivity index (χ1v) is 12.0. The van der Waals surface area contributed by atoms with E-state index in [1.54, 1.807) is 72.8 Å². The summed E-state index contributed by atoms with van der Waals surface area (Å²) >= 11 is 10.4. The number of methoxy groups -OCH3 is 1. The van der Waals surface area contributed by atoms with E-state index in [0.29, 0.717) is 27.5 Å². The van der Waals surface area contributed by atoms with E-state index in [-0.39, 0.29) is 17.2 Å². The fourth-order valence-electron chi connectivity index (χ4n) is 3.19. The first kappa shape index (κ1) is 24.1. The molecule has 0 aliphatic carbocycles. The van der Waals surface area contributed by atoms with Crippen molar-refractivity contribution < 1.29 is 23.9 Å². The summed E-state index contributed by atoms with van der Waals surface area (Å²) in [6, 6.07) is 18.6. The van der Waals surface area contributed by atoms with Crippen LogP contribution in [-0.2, 0) is 11.3 Å². The summed E-state index contributed by atoms with van der Waals surface area (Å²) in [6.07, 6.45) is 1.54. The molecule has 172 valence electrons. The number of thioether (sulfide) groups is 1. The van der Waals surface area contributed by atoms with Gasteiger partial charge in [-0.2, -0.15) is 0 Å². The molecule has 0 radical (unpaired) electrons. The molecule has 0 aromatic heterocycles. The topological polar surface area (TPSA) is 72.9 Å². The lowest BCUT2D eigenvalue weighted by atomic mass is 10.1. The fraction of sp³-hybridized carbons (Fsp3) is 0.0800. The number of amides is 2. The van der Waals surface area contributed by atoms with Crippen LogP contribution in [-0.4, -0.2) is 29.1 Å². The summed E-state index contributed by atoms with van der Waals surface area (Å²) in [5.74, 6) is -0.135. The molecule has 0 saturated carbocycles. The molecule has 1 aliphatic heterocycles. The maximum atomic E-state index is 13.0. The highest BCUT2D eigenvalue weighted by atomic mass is 79.9. The van der Waals surface area contributed by atoms with E-state index < -0.39 is 17.1 Å². The van der Waals surface area contributed by atoms with Crippen molar-refractivity contribution in [2.24, 2.45) is 0 Å². The monoisotopic (exact) mass is 557 g/mol. The predicted molar refractivity (Wildman–Crippen MR) is 135 cm³/mol. The van der Waals surface area contributed by atoms with E-state index in [1.807, 2.05) is 0 Å². The van der Waals surface area contributed by atoms with E-state index in [0.717, 1.165) is 21.1 Å². The third-order valence-electron chi connectivity index (χ3n) is 4.95. The molecule has 3 aromatic carbocycles. The van der Waals surface area contributed by atoms with Crippen LogP contribution in [0, 0.1) is 0 Å². The molecule has 0 N–H and O–H groups in total. The minimum absolute atomic E-state index is 0.0689. The number of rotatable bonds is 6. The van der Waals surface area contributed by atoms with Gasteiger partial charge in [0.15, 0.2) is 0 Å². The third kappa shape index (κ3) is 5.35. The van der Waals surface area contributed by atoms with E-state index in [9.17, 15) is 14.4 Å². The fourth-order valence-corrected chi connectivity index (χ4v) is 4.59. The molecular weight excluding hydrogens is 542 g/mol. The van der Waals surface area contributed by atoms with Gasteiger partial charge < -0.3 is 9.47 Å². The average molecular weight is 559 g/mol. The first-order valence-electron chi connectivity index (χ1n) is 10.0. The maximum Gasteiger partial charge on any atom is 0.343 e. The van der Waals surface area contributed by atoms with Crippen molar-refractivity contribution in [1.82, 2.24) is 4.90 Å².